The van der Waals surface area contributed by atoms with Crippen LogP contribution in [0.5, 0.6) is 0 Å². The average Bonchev–Trinajstić information content (AvgIpc) is 2.99. The minimum Gasteiger partial charge on any atom is -0.369 e. The third-order valence-electron chi connectivity index (χ3n) is 3.80. The molecule has 0 saturated carbocycles. The molecule has 0 radical (unpaired) electrons. The number of hydrogen-bond donors (Lipinski definition) is 1. The van der Waals surface area contributed by atoms with Gasteiger partial charge in [-0.05, 0) is 44.0 Å². The number of anilines is 1. The zero-order chi connectivity index (χ0) is 13.2. The second-order valence-electron chi connectivity index (χ2n) is 5.54. The molecule has 1 aliphatic heterocycles. The number of likely N-dealkylation sites (tertiary alicyclic amines) is 1. The smallest absolute Gasteiger partial charge is 0.202 e. The highest BCUT2D eigenvalue weighted by molar-refractivity contribution is 5.73. The van der Waals surface area contributed by atoms with Crippen molar-refractivity contribution in [3.05, 3.63) is 18.3 Å². The molecule has 2 N–H and O–H groups in total. The largest absolute Gasteiger partial charge is 0.369 e. The van der Waals surface area contributed by atoms with Crippen molar-refractivity contribution in [1.29, 1.82) is 0 Å². The summed E-state index contributed by atoms with van der Waals surface area (Å²) >= 11 is 0. The number of hydrogen-bond acceptors (Lipinski definition) is 4. The number of aromatic nitrogens is 3. The number of fused-ring (bicyclic) bond motifs is 1. The van der Waals surface area contributed by atoms with Gasteiger partial charge in [0.2, 0.25) is 5.95 Å². The Morgan fingerprint density at radius 2 is 2.11 bits per heavy atom. The van der Waals surface area contributed by atoms with E-state index in [9.17, 15) is 0 Å². The van der Waals surface area contributed by atoms with Crippen LogP contribution in [0.3, 0.4) is 0 Å². The molecule has 2 aromatic heterocycles. The number of nitrogens with two attached hydrogens (primary N) is 1. The van der Waals surface area contributed by atoms with Crippen LogP contribution >= 0.6 is 0 Å². The van der Waals surface area contributed by atoms with Gasteiger partial charge < -0.3 is 10.6 Å². The molecule has 102 valence electrons. The molecule has 0 aromatic carbocycles. The van der Waals surface area contributed by atoms with Crippen LogP contribution in [-0.4, -0.2) is 39.1 Å². The molecule has 0 bridgehead atoms. The van der Waals surface area contributed by atoms with E-state index in [1.165, 1.54) is 25.9 Å². The quantitative estimate of drug-likeness (QED) is 0.908. The van der Waals surface area contributed by atoms with Crippen LogP contribution in [0.15, 0.2) is 18.3 Å². The first-order valence-corrected chi connectivity index (χ1v) is 7.03. The van der Waals surface area contributed by atoms with Gasteiger partial charge in [0.1, 0.15) is 5.52 Å². The zero-order valence-corrected chi connectivity index (χ0v) is 11.4. The van der Waals surface area contributed by atoms with Crippen molar-refractivity contribution in [2.24, 2.45) is 5.92 Å². The number of nitrogens with zero attached hydrogens (tertiary/aromatic N) is 4. The first-order valence-electron chi connectivity index (χ1n) is 7.03. The van der Waals surface area contributed by atoms with Crippen molar-refractivity contribution < 1.29 is 0 Å². The van der Waals surface area contributed by atoms with Gasteiger partial charge in [0.15, 0.2) is 5.65 Å². The van der Waals surface area contributed by atoms with Gasteiger partial charge in [0.25, 0.3) is 0 Å². The highest BCUT2D eigenvalue weighted by Crippen LogP contribution is 2.18. The minimum absolute atomic E-state index is 0.555. The summed E-state index contributed by atoms with van der Waals surface area (Å²) in [6.45, 7) is 6.76. The summed E-state index contributed by atoms with van der Waals surface area (Å²) in [4.78, 5) is 11.3. The summed E-state index contributed by atoms with van der Waals surface area (Å²) in [5, 5.41) is 0. The fourth-order valence-corrected chi connectivity index (χ4v) is 2.93. The van der Waals surface area contributed by atoms with E-state index in [0.29, 0.717) is 11.9 Å². The van der Waals surface area contributed by atoms with Gasteiger partial charge in [0, 0.05) is 19.3 Å². The molecule has 0 aliphatic carbocycles. The first kappa shape index (κ1) is 12.4. The summed E-state index contributed by atoms with van der Waals surface area (Å²) in [5.41, 5.74) is 7.79. The molecule has 0 amide bonds. The molecular weight excluding hydrogens is 238 g/mol. The number of pyridine rings is 1. The van der Waals surface area contributed by atoms with E-state index in [4.69, 9.17) is 5.73 Å². The predicted octanol–water partition coefficient (Wildman–Crippen LogP) is 1.75. The lowest BCUT2D eigenvalue weighted by molar-refractivity contribution is 0.273. The second-order valence-corrected chi connectivity index (χ2v) is 5.54. The van der Waals surface area contributed by atoms with Gasteiger partial charge in [-0.3, -0.25) is 4.57 Å². The SMILES string of the molecule is CC(CN1CCCC1)Cn1c(N)nc2cccnc21. The van der Waals surface area contributed by atoms with Gasteiger partial charge in [-0.1, -0.05) is 6.92 Å². The lowest BCUT2D eigenvalue weighted by Crippen LogP contribution is -2.27. The van der Waals surface area contributed by atoms with Crippen LogP contribution in [0.4, 0.5) is 5.95 Å². The van der Waals surface area contributed by atoms with Crippen molar-refractivity contribution >= 4 is 17.1 Å². The Balaban J connectivity index is 1.75. The van der Waals surface area contributed by atoms with Crippen LogP contribution in [-0.2, 0) is 6.54 Å². The van der Waals surface area contributed by atoms with E-state index in [1.807, 2.05) is 16.7 Å². The lowest BCUT2D eigenvalue weighted by Gasteiger charge is -2.20. The Kier molecular flexibility index (Phi) is 3.38. The van der Waals surface area contributed by atoms with Crippen molar-refractivity contribution in [3.63, 3.8) is 0 Å². The monoisotopic (exact) mass is 259 g/mol. The van der Waals surface area contributed by atoms with Gasteiger partial charge in [-0.25, -0.2) is 9.97 Å². The van der Waals surface area contributed by atoms with Crippen LogP contribution in [0.1, 0.15) is 19.8 Å². The maximum absolute atomic E-state index is 6.01. The van der Waals surface area contributed by atoms with E-state index < -0.39 is 0 Å². The van der Waals surface area contributed by atoms with E-state index in [-0.39, 0.29) is 0 Å². The third kappa shape index (κ3) is 2.56. The maximum Gasteiger partial charge on any atom is 0.202 e. The standard InChI is InChI=1S/C14H21N5/c1-11(9-18-7-2-3-8-18)10-19-13-12(17-14(19)15)5-4-6-16-13/h4-6,11H,2-3,7-10H2,1H3,(H2,15,17). The van der Waals surface area contributed by atoms with Crippen LogP contribution < -0.4 is 5.73 Å². The van der Waals surface area contributed by atoms with Crippen molar-refractivity contribution in [3.8, 4) is 0 Å². The molecule has 3 rings (SSSR count). The van der Waals surface area contributed by atoms with E-state index in [0.717, 1.165) is 24.3 Å². The normalized spacial score (nSPS) is 18.2. The van der Waals surface area contributed by atoms with E-state index in [2.05, 4.69) is 21.8 Å². The molecule has 3 heterocycles. The Morgan fingerprint density at radius 3 is 2.89 bits per heavy atom. The molecule has 1 aliphatic rings. The Bertz CT molecular complexity index is 556. The van der Waals surface area contributed by atoms with Crippen LogP contribution in [0, 0.1) is 5.92 Å². The van der Waals surface area contributed by atoms with Gasteiger partial charge in [-0.2, -0.15) is 0 Å². The van der Waals surface area contributed by atoms with Crippen molar-refractivity contribution in [2.45, 2.75) is 26.3 Å². The summed E-state index contributed by atoms with van der Waals surface area (Å²) in [5.74, 6) is 1.13. The van der Waals surface area contributed by atoms with E-state index >= 15 is 0 Å². The molecule has 5 nitrogen and oxygen atoms in total. The molecule has 1 saturated heterocycles. The summed E-state index contributed by atoms with van der Waals surface area (Å²) in [6, 6.07) is 3.85. The Labute approximate surface area is 113 Å². The van der Waals surface area contributed by atoms with Gasteiger partial charge >= 0.3 is 0 Å². The Morgan fingerprint density at radius 1 is 1.32 bits per heavy atom. The maximum atomic E-state index is 6.01. The molecule has 2 aromatic rings. The highest BCUT2D eigenvalue weighted by atomic mass is 15.2. The molecular formula is C14H21N5. The number of rotatable bonds is 4. The zero-order valence-electron chi connectivity index (χ0n) is 11.4. The highest BCUT2D eigenvalue weighted by Gasteiger charge is 2.17. The van der Waals surface area contributed by atoms with Gasteiger partial charge in [0.05, 0.1) is 0 Å². The van der Waals surface area contributed by atoms with E-state index in [1.54, 1.807) is 6.20 Å². The summed E-state index contributed by atoms with van der Waals surface area (Å²) < 4.78 is 2.04. The molecule has 19 heavy (non-hydrogen) atoms. The topological polar surface area (TPSA) is 60.0 Å². The lowest BCUT2D eigenvalue weighted by atomic mass is 10.1. The fraction of sp³-hybridized carbons (Fsp3) is 0.571. The molecule has 1 unspecified atom stereocenters. The van der Waals surface area contributed by atoms with Gasteiger partial charge in [-0.15, -0.1) is 0 Å². The number of nitrogen functional groups attached to an aromatic ring is 1. The molecule has 0 spiro atoms. The molecule has 1 fully saturated rings. The summed E-state index contributed by atoms with van der Waals surface area (Å²) in [6.07, 6.45) is 4.47. The average molecular weight is 259 g/mol. The third-order valence-corrected chi connectivity index (χ3v) is 3.80. The fourth-order valence-electron chi connectivity index (χ4n) is 2.93. The van der Waals surface area contributed by atoms with Crippen molar-refractivity contribution in [2.75, 3.05) is 25.4 Å². The van der Waals surface area contributed by atoms with Crippen LogP contribution in [0.25, 0.3) is 11.2 Å². The Hall–Kier alpha value is -1.62. The van der Waals surface area contributed by atoms with Crippen LogP contribution in [0.2, 0.25) is 0 Å². The first-order chi connectivity index (χ1) is 9.24. The molecule has 1 atom stereocenters. The number of imidazole rings is 1. The van der Waals surface area contributed by atoms with Crippen molar-refractivity contribution in [1.82, 2.24) is 19.4 Å². The molecule has 5 heteroatoms. The minimum atomic E-state index is 0.555. The summed E-state index contributed by atoms with van der Waals surface area (Å²) in [7, 11) is 0. The second kappa shape index (κ2) is 5.17. The predicted molar refractivity (Wildman–Crippen MR) is 76.8 cm³/mol.